The van der Waals surface area contributed by atoms with E-state index in [4.69, 9.17) is 10.5 Å². The van der Waals surface area contributed by atoms with E-state index in [1.165, 1.54) is 0 Å². The van der Waals surface area contributed by atoms with Gasteiger partial charge in [-0.05, 0) is 37.1 Å². The predicted molar refractivity (Wildman–Crippen MR) is 87.4 cm³/mol. The summed E-state index contributed by atoms with van der Waals surface area (Å²) in [5, 5.41) is 0. The Balaban J connectivity index is 3.08. The van der Waals surface area contributed by atoms with Gasteiger partial charge in [-0.3, -0.25) is 4.79 Å². The van der Waals surface area contributed by atoms with Gasteiger partial charge in [0.1, 0.15) is 6.61 Å². The summed E-state index contributed by atoms with van der Waals surface area (Å²) in [5.74, 6) is -0.000944. The molecular weight excluding hydrogens is 266 g/mol. The highest BCUT2D eigenvalue weighted by Gasteiger charge is 2.20. The molecule has 0 saturated heterocycles. The molecule has 0 radical (unpaired) electrons. The van der Waals surface area contributed by atoms with E-state index in [1.807, 2.05) is 42.1 Å². The van der Waals surface area contributed by atoms with Crippen molar-refractivity contribution >= 4 is 17.3 Å². The average molecular weight is 293 g/mol. The summed E-state index contributed by atoms with van der Waals surface area (Å²) in [5.41, 5.74) is 8.73. The first kappa shape index (κ1) is 17.3. The van der Waals surface area contributed by atoms with Gasteiger partial charge in [0.15, 0.2) is 0 Å². The zero-order valence-electron chi connectivity index (χ0n) is 13.7. The van der Waals surface area contributed by atoms with Crippen molar-refractivity contribution in [2.45, 2.75) is 32.9 Å². The molecule has 0 aliphatic rings. The third kappa shape index (κ3) is 4.63. The fourth-order valence-electron chi connectivity index (χ4n) is 2.27. The standard InChI is InChI=1S/C16H27N3O2/c1-6-12(2)19(16(20)11-21-5)10-13-9-14(17)7-8-15(13)18(3)4/h7-9,12H,6,10-11,17H2,1-5H3/t12-/m0/s1. The van der Waals surface area contributed by atoms with E-state index in [-0.39, 0.29) is 18.6 Å². The lowest BCUT2D eigenvalue weighted by Crippen LogP contribution is -2.40. The highest BCUT2D eigenvalue weighted by atomic mass is 16.5. The molecule has 0 spiro atoms. The maximum Gasteiger partial charge on any atom is 0.249 e. The van der Waals surface area contributed by atoms with Crippen LogP contribution in [0.2, 0.25) is 0 Å². The number of rotatable bonds is 7. The highest BCUT2D eigenvalue weighted by Crippen LogP contribution is 2.24. The molecule has 1 rings (SSSR count). The summed E-state index contributed by atoms with van der Waals surface area (Å²) < 4.78 is 4.99. The second kappa shape index (κ2) is 7.88. The van der Waals surface area contributed by atoms with E-state index >= 15 is 0 Å². The molecule has 5 nitrogen and oxygen atoms in total. The fourth-order valence-corrected chi connectivity index (χ4v) is 2.27. The minimum Gasteiger partial charge on any atom is -0.399 e. The number of methoxy groups -OCH3 is 1. The zero-order valence-corrected chi connectivity index (χ0v) is 13.7. The molecule has 0 bridgehead atoms. The molecule has 2 N–H and O–H groups in total. The smallest absolute Gasteiger partial charge is 0.249 e. The van der Waals surface area contributed by atoms with Crippen LogP contribution in [0, 0.1) is 0 Å². The Morgan fingerprint density at radius 2 is 2.05 bits per heavy atom. The number of benzene rings is 1. The SMILES string of the molecule is CC[C@H](C)N(Cc1cc(N)ccc1N(C)C)C(=O)COC. The van der Waals surface area contributed by atoms with Crippen molar-refractivity contribution < 1.29 is 9.53 Å². The van der Waals surface area contributed by atoms with Gasteiger partial charge in [0.25, 0.3) is 0 Å². The van der Waals surface area contributed by atoms with Crippen LogP contribution in [-0.4, -0.2) is 44.7 Å². The molecule has 1 atom stereocenters. The van der Waals surface area contributed by atoms with Crippen molar-refractivity contribution in [2.75, 3.05) is 38.4 Å². The third-order valence-corrected chi connectivity index (χ3v) is 3.64. The monoisotopic (exact) mass is 293 g/mol. The maximum atomic E-state index is 12.3. The summed E-state index contributed by atoms with van der Waals surface area (Å²) in [6.45, 7) is 4.76. The number of nitrogen functional groups attached to an aromatic ring is 1. The van der Waals surface area contributed by atoms with Gasteiger partial charge >= 0.3 is 0 Å². The molecule has 0 unspecified atom stereocenters. The number of nitrogens with two attached hydrogens (primary N) is 1. The number of hydrogen-bond acceptors (Lipinski definition) is 4. The highest BCUT2D eigenvalue weighted by molar-refractivity contribution is 5.78. The van der Waals surface area contributed by atoms with Crippen LogP contribution >= 0.6 is 0 Å². The lowest BCUT2D eigenvalue weighted by Gasteiger charge is -2.30. The average Bonchev–Trinajstić information content (AvgIpc) is 2.43. The normalized spacial score (nSPS) is 12.0. The van der Waals surface area contributed by atoms with Crippen molar-refractivity contribution in [3.63, 3.8) is 0 Å². The molecule has 0 aliphatic heterocycles. The van der Waals surface area contributed by atoms with Crippen LogP contribution < -0.4 is 10.6 Å². The maximum absolute atomic E-state index is 12.3. The Bertz CT molecular complexity index is 475. The first-order chi connectivity index (χ1) is 9.90. The summed E-state index contributed by atoms with van der Waals surface area (Å²) >= 11 is 0. The number of hydrogen-bond donors (Lipinski definition) is 1. The van der Waals surface area contributed by atoms with E-state index in [1.54, 1.807) is 7.11 Å². The fraction of sp³-hybridized carbons (Fsp3) is 0.562. The summed E-state index contributed by atoms with van der Waals surface area (Å²) in [4.78, 5) is 16.2. The number of ether oxygens (including phenoxy) is 1. The van der Waals surface area contributed by atoms with Crippen molar-refractivity contribution in [1.29, 1.82) is 0 Å². The minimum absolute atomic E-state index is 0.000944. The number of anilines is 2. The number of nitrogens with zero attached hydrogens (tertiary/aromatic N) is 2. The van der Waals surface area contributed by atoms with Gasteiger partial charge in [0, 0.05) is 45.2 Å². The van der Waals surface area contributed by atoms with Crippen molar-refractivity contribution in [2.24, 2.45) is 0 Å². The molecule has 1 aromatic carbocycles. The molecule has 0 aromatic heterocycles. The van der Waals surface area contributed by atoms with Gasteiger partial charge in [-0.25, -0.2) is 0 Å². The molecule has 5 heteroatoms. The van der Waals surface area contributed by atoms with Gasteiger partial charge < -0.3 is 20.3 Å². The number of carbonyl (C=O) groups is 1. The molecule has 21 heavy (non-hydrogen) atoms. The zero-order chi connectivity index (χ0) is 16.0. The lowest BCUT2D eigenvalue weighted by atomic mass is 10.1. The molecule has 1 amide bonds. The second-order valence-corrected chi connectivity index (χ2v) is 5.49. The van der Waals surface area contributed by atoms with Crippen LogP contribution in [0.15, 0.2) is 18.2 Å². The van der Waals surface area contributed by atoms with Gasteiger partial charge in [-0.2, -0.15) is 0 Å². The summed E-state index contributed by atoms with van der Waals surface area (Å²) in [7, 11) is 5.51. The Hall–Kier alpha value is -1.75. The lowest BCUT2D eigenvalue weighted by molar-refractivity contribution is -0.138. The molecule has 0 aliphatic carbocycles. The molecule has 0 saturated carbocycles. The van der Waals surface area contributed by atoms with E-state index < -0.39 is 0 Å². The van der Waals surface area contributed by atoms with Gasteiger partial charge in [-0.1, -0.05) is 6.92 Å². The van der Waals surface area contributed by atoms with Crippen LogP contribution in [0.1, 0.15) is 25.8 Å². The van der Waals surface area contributed by atoms with Crippen LogP contribution in [0.3, 0.4) is 0 Å². The van der Waals surface area contributed by atoms with E-state index in [9.17, 15) is 4.79 Å². The first-order valence-electron chi connectivity index (χ1n) is 7.24. The molecular formula is C16H27N3O2. The first-order valence-corrected chi connectivity index (χ1v) is 7.24. The minimum atomic E-state index is -0.000944. The van der Waals surface area contributed by atoms with E-state index in [0.29, 0.717) is 12.2 Å². The van der Waals surface area contributed by atoms with Crippen LogP contribution in [-0.2, 0) is 16.1 Å². The van der Waals surface area contributed by atoms with Crippen LogP contribution in [0.4, 0.5) is 11.4 Å². The predicted octanol–water partition coefficient (Wildman–Crippen LogP) is 2.11. The molecule has 0 fully saturated rings. The van der Waals surface area contributed by atoms with Crippen LogP contribution in [0.25, 0.3) is 0 Å². The summed E-state index contributed by atoms with van der Waals surface area (Å²) in [6, 6.07) is 5.96. The number of amides is 1. The summed E-state index contributed by atoms with van der Waals surface area (Å²) in [6.07, 6.45) is 0.898. The van der Waals surface area contributed by atoms with Gasteiger partial charge in [0.2, 0.25) is 5.91 Å². The Morgan fingerprint density at radius 1 is 1.38 bits per heavy atom. The quantitative estimate of drug-likeness (QED) is 0.782. The van der Waals surface area contributed by atoms with Gasteiger partial charge in [0.05, 0.1) is 0 Å². The van der Waals surface area contributed by atoms with E-state index in [0.717, 1.165) is 17.7 Å². The van der Waals surface area contributed by atoms with Gasteiger partial charge in [-0.15, -0.1) is 0 Å². The molecule has 0 heterocycles. The Kier molecular flexibility index (Phi) is 6.49. The molecule has 118 valence electrons. The Labute approximate surface area is 127 Å². The Morgan fingerprint density at radius 3 is 2.57 bits per heavy atom. The van der Waals surface area contributed by atoms with Crippen LogP contribution in [0.5, 0.6) is 0 Å². The van der Waals surface area contributed by atoms with E-state index in [2.05, 4.69) is 13.8 Å². The number of carbonyl (C=O) groups excluding carboxylic acids is 1. The van der Waals surface area contributed by atoms with Crippen molar-refractivity contribution in [3.8, 4) is 0 Å². The van der Waals surface area contributed by atoms with Crippen molar-refractivity contribution in [1.82, 2.24) is 4.90 Å². The third-order valence-electron chi connectivity index (χ3n) is 3.64. The van der Waals surface area contributed by atoms with Crippen molar-refractivity contribution in [3.05, 3.63) is 23.8 Å². The largest absolute Gasteiger partial charge is 0.399 e. The molecule has 1 aromatic rings. The topological polar surface area (TPSA) is 58.8 Å². The second-order valence-electron chi connectivity index (χ2n) is 5.49.